The number of hydrogen-bond donors (Lipinski definition) is 0. The monoisotopic (exact) mass is 396 g/mol. The van der Waals surface area contributed by atoms with E-state index < -0.39 is 10.0 Å². The molecule has 27 heavy (non-hydrogen) atoms. The van der Waals surface area contributed by atoms with E-state index in [0.29, 0.717) is 38.3 Å². The summed E-state index contributed by atoms with van der Waals surface area (Å²) in [4.78, 5) is 14.7. The summed E-state index contributed by atoms with van der Waals surface area (Å²) in [5.41, 5.74) is 0.360. The highest BCUT2D eigenvalue weighted by atomic mass is 32.2. The van der Waals surface area contributed by atoms with Crippen LogP contribution in [0.1, 0.15) is 43.0 Å². The zero-order valence-electron chi connectivity index (χ0n) is 16.0. The summed E-state index contributed by atoms with van der Waals surface area (Å²) >= 11 is 0. The van der Waals surface area contributed by atoms with Crippen molar-refractivity contribution < 1.29 is 22.7 Å². The average molecular weight is 397 g/mol. The highest BCUT2D eigenvalue weighted by Crippen LogP contribution is 2.30. The third kappa shape index (κ3) is 4.44. The molecule has 2 aliphatic rings. The zero-order chi connectivity index (χ0) is 19.4. The van der Waals surface area contributed by atoms with Crippen molar-refractivity contribution in [3.63, 3.8) is 0 Å². The number of sulfonamides is 1. The number of methoxy groups -OCH3 is 1. The van der Waals surface area contributed by atoms with E-state index in [-0.39, 0.29) is 22.7 Å². The second kappa shape index (κ2) is 8.58. The van der Waals surface area contributed by atoms with Crippen LogP contribution in [0.3, 0.4) is 0 Å². The molecular formula is C19H28N2O5S. The van der Waals surface area contributed by atoms with Crippen molar-refractivity contribution in [2.75, 3.05) is 39.9 Å². The van der Waals surface area contributed by atoms with E-state index in [4.69, 9.17) is 9.47 Å². The lowest BCUT2D eigenvalue weighted by molar-refractivity contribution is -0.0124. The van der Waals surface area contributed by atoms with Crippen molar-refractivity contribution in [3.8, 4) is 5.75 Å². The summed E-state index contributed by atoms with van der Waals surface area (Å²) in [6.45, 7) is 4.42. The Balaban J connectivity index is 1.92. The Morgan fingerprint density at radius 1 is 1.15 bits per heavy atom. The molecule has 2 aliphatic heterocycles. The van der Waals surface area contributed by atoms with Crippen molar-refractivity contribution in [2.24, 2.45) is 0 Å². The number of rotatable bonds is 4. The first kappa shape index (κ1) is 20.1. The Hall–Kier alpha value is -1.64. The van der Waals surface area contributed by atoms with E-state index in [1.165, 1.54) is 17.5 Å². The highest BCUT2D eigenvalue weighted by molar-refractivity contribution is 7.89. The number of carbonyl (C=O) groups excluding carboxylic acids is 1. The van der Waals surface area contributed by atoms with Crippen molar-refractivity contribution in [1.82, 2.24) is 9.21 Å². The smallest absolute Gasteiger partial charge is 0.254 e. The average Bonchev–Trinajstić information content (AvgIpc) is 2.97. The number of hydrogen-bond acceptors (Lipinski definition) is 5. The minimum absolute atomic E-state index is 0.0266. The van der Waals surface area contributed by atoms with Crippen LogP contribution in [0.5, 0.6) is 5.75 Å². The molecule has 8 heteroatoms. The predicted molar refractivity (Wildman–Crippen MR) is 102 cm³/mol. The normalized spacial score (nSPS) is 22.3. The molecule has 2 heterocycles. The lowest BCUT2D eigenvalue weighted by atomic mass is 10.1. The summed E-state index contributed by atoms with van der Waals surface area (Å²) in [5.74, 6) is 0.0891. The Labute approximate surface area is 161 Å². The lowest BCUT2D eigenvalue weighted by Crippen LogP contribution is -2.44. The van der Waals surface area contributed by atoms with E-state index in [0.717, 1.165) is 25.7 Å². The van der Waals surface area contributed by atoms with Gasteiger partial charge in [-0.25, -0.2) is 8.42 Å². The van der Waals surface area contributed by atoms with Crippen molar-refractivity contribution in [3.05, 3.63) is 23.8 Å². The number of carbonyl (C=O) groups is 1. The van der Waals surface area contributed by atoms with E-state index in [1.54, 1.807) is 17.0 Å². The van der Waals surface area contributed by atoms with Crippen LogP contribution in [0.4, 0.5) is 0 Å². The van der Waals surface area contributed by atoms with Gasteiger partial charge in [-0.3, -0.25) is 4.79 Å². The molecule has 0 spiro atoms. The third-order valence-electron chi connectivity index (χ3n) is 5.12. The molecule has 0 saturated carbocycles. The predicted octanol–water partition coefficient (Wildman–Crippen LogP) is 2.12. The number of morpholine rings is 1. The van der Waals surface area contributed by atoms with Gasteiger partial charge in [0, 0.05) is 31.7 Å². The van der Waals surface area contributed by atoms with Gasteiger partial charge in [-0.1, -0.05) is 12.8 Å². The molecule has 0 aromatic heterocycles. The van der Waals surface area contributed by atoms with Crippen LogP contribution < -0.4 is 4.74 Å². The van der Waals surface area contributed by atoms with Crippen molar-refractivity contribution >= 4 is 15.9 Å². The molecular weight excluding hydrogens is 368 g/mol. The van der Waals surface area contributed by atoms with E-state index in [2.05, 4.69) is 0 Å². The Morgan fingerprint density at radius 3 is 2.48 bits per heavy atom. The second-order valence-corrected chi connectivity index (χ2v) is 9.02. The fourth-order valence-electron chi connectivity index (χ4n) is 3.62. The first-order valence-electron chi connectivity index (χ1n) is 9.52. The topological polar surface area (TPSA) is 76.1 Å². The first-order valence-corrected chi connectivity index (χ1v) is 11.0. The third-order valence-corrected chi connectivity index (χ3v) is 7.04. The number of benzene rings is 1. The fraction of sp³-hybridized carbons (Fsp3) is 0.632. The number of amides is 1. The van der Waals surface area contributed by atoms with Crippen LogP contribution in [0, 0.1) is 0 Å². The maximum Gasteiger partial charge on any atom is 0.254 e. The largest absolute Gasteiger partial charge is 0.495 e. The zero-order valence-corrected chi connectivity index (χ0v) is 16.8. The minimum Gasteiger partial charge on any atom is -0.495 e. The summed E-state index contributed by atoms with van der Waals surface area (Å²) in [7, 11) is -2.27. The molecule has 1 aromatic rings. The van der Waals surface area contributed by atoms with Gasteiger partial charge in [0.05, 0.1) is 19.8 Å². The molecule has 0 bridgehead atoms. The van der Waals surface area contributed by atoms with E-state index >= 15 is 0 Å². The second-order valence-electron chi connectivity index (χ2n) is 7.12. The van der Waals surface area contributed by atoms with Crippen LogP contribution in [0.15, 0.2) is 23.1 Å². The number of nitrogens with zero attached hydrogens (tertiary/aromatic N) is 2. The van der Waals surface area contributed by atoms with Gasteiger partial charge < -0.3 is 14.4 Å². The summed E-state index contributed by atoms with van der Waals surface area (Å²) < 4.78 is 38.7. The quantitative estimate of drug-likeness (QED) is 0.779. The van der Waals surface area contributed by atoms with Crippen LogP contribution >= 0.6 is 0 Å². The summed E-state index contributed by atoms with van der Waals surface area (Å²) in [6, 6.07) is 4.66. The molecule has 2 fully saturated rings. The maximum absolute atomic E-state index is 13.2. The molecule has 0 aliphatic carbocycles. The molecule has 3 rings (SSSR count). The Morgan fingerprint density at radius 2 is 1.85 bits per heavy atom. The first-order chi connectivity index (χ1) is 12.9. The van der Waals surface area contributed by atoms with Crippen LogP contribution in [-0.2, 0) is 14.8 Å². The minimum atomic E-state index is -3.71. The fourth-order valence-corrected chi connectivity index (χ4v) is 5.32. The molecule has 2 saturated heterocycles. The molecule has 1 amide bonds. The van der Waals surface area contributed by atoms with Crippen molar-refractivity contribution in [1.29, 1.82) is 0 Å². The SMILES string of the molecule is COc1ccc(C(=O)N2CCOC(C)C2)cc1S(=O)(=O)N1CCCCCC1. The summed E-state index contributed by atoms with van der Waals surface area (Å²) in [5, 5.41) is 0. The van der Waals surface area contributed by atoms with Gasteiger partial charge in [0.1, 0.15) is 10.6 Å². The van der Waals surface area contributed by atoms with Gasteiger partial charge in [0.15, 0.2) is 0 Å². The van der Waals surface area contributed by atoms with E-state index in [1.807, 2.05) is 6.92 Å². The summed E-state index contributed by atoms with van der Waals surface area (Å²) in [6.07, 6.45) is 3.76. The molecule has 7 nitrogen and oxygen atoms in total. The van der Waals surface area contributed by atoms with Crippen LogP contribution in [0.2, 0.25) is 0 Å². The van der Waals surface area contributed by atoms with Gasteiger partial charge in [-0.15, -0.1) is 0 Å². The molecule has 0 radical (unpaired) electrons. The Kier molecular flexibility index (Phi) is 6.39. The molecule has 1 unspecified atom stereocenters. The standard InChI is InChI=1S/C19H28N2O5S/c1-15-14-20(11-12-26-15)19(22)16-7-8-17(25-2)18(13-16)27(23,24)21-9-5-3-4-6-10-21/h7-8,13,15H,3-6,9-12,14H2,1-2H3. The van der Waals surface area contributed by atoms with Crippen molar-refractivity contribution in [2.45, 2.75) is 43.6 Å². The van der Waals surface area contributed by atoms with E-state index in [9.17, 15) is 13.2 Å². The maximum atomic E-state index is 13.2. The Bertz CT molecular complexity index is 772. The lowest BCUT2D eigenvalue weighted by Gasteiger charge is -2.31. The van der Waals surface area contributed by atoms with Crippen LogP contribution in [-0.4, -0.2) is 69.5 Å². The molecule has 1 atom stereocenters. The molecule has 150 valence electrons. The van der Waals surface area contributed by atoms with Gasteiger partial charge in [-0.05, 0) is 38.0 Å². The number of ether oxygens (including phenoxy) is 2. The van der Waals surface area contributed by atoms with Crippen LogP contribution in [0.25, 0.3) is 0 Å². The van der Waals surface area contributed by atoms with Gasteiger partial charge >= 0.3 is 0 Å². The van der Waals surface area contributed by atoms with Gasteiger partial charge in [-0.2, -0.15) is 4.31 Å². The molecule has 0 N–H and O–H groups in total. The highest BCUT2D eigenvalue weighted by Gasteiger charge is 2.30. The van der Waals surface area contributed by atoms with Gasteiger partial charge in [0.25, 0.3) is 5.91 Å². The van der Waals surface area contributed by atoms with Gasteiger partial charge in [0.2, 0.25) is 10.0 Å². The molecule has 1 aromatic carbocycles.